The number of hydrogen-bond acceptors (Lipinski definition) is 4. The van der Waals surface area contributed by atoms with Crippen LogP contribution < -0.4 is 10.3 Å². The van der Waals surface area contributed by atoms with Crippen LogP contribution in [0.15, 0.2) is 122 Å². The summed E-state index contributed by atoms with van der Waals surface area (Å²) >= 11 is 0. The van der Waals surface area contributed by atoms with Gasteiger partial charge in [-0.05, 0) is 104 Å². The van der Waals surface area contributed by atoms with Gasteiger partial charge in [-0.15, -0.1) is 0 Å². The number of fused-ring (bicyclic) bond motifs is 11. The molecule has 11 rings (SSSR count). The lowest BCUT2D eigenvalue weighted by atomic mass is 9.60. The van der Waals surface area contributed by atoms with Gasteiger partial charge in [-0.25, -0.2) is 15.0 Å². The Kier molecular flexibility index (Phi) is 6.71. The molecule has 0 bridgehead atoms. The zero-order valence-electron chi connectivity index (χ0n) is 32.7. The quantitative estimate of drug-likeness (QED) is 0.170. The predicted molar refractivity (Wildman–Crippen MR) is 231 cm³/mol. The van der Waals surface area contributed by atoms with E-state index in [4.69, 9.17) is 15.0 Å². The number of aryl methyl sites for hydroxylation is 3. The van der Waals surface area contributed by atoms with Crippen molar-refractivity contribution >= 4 is 67.8 Å². The molecular weight excluding hydrogens is 687 g/mol. The summed E-state index contributed by atoms with van der Waals surface area (Å²) in [6.45, 7) is 13.3. The maximum Gasteiger partial charge on any atom is 0.417 e. The molecule has 5 aromatic carbocycles. The molecule has 0 fully saturated rings. The van der Waals surface area contributed by atoms with Gasteiger partial charge in [0.2, 0.25) is 5.78 Å². The van der Waals surface area contributed by atoms with Crippen LogP contribution in [-0.4, -0.2) is 47.0 Å². The van der Waals surface area contributed by atoms with Crippen LogP contribution in [0.1, 0.15) is 43.0 Å². The fourth-order valence-corrected chi connectivity index (χ4v) is 9.34. The Bertz CT molecular complexity index is 3240. The highest BCUT2D eigenvalue weighted by atomic mass is 15.2. The number of pyridine rings is 1. The fourth-order valence-electron chi connectivity index (χ4n) is 9.34. The Labute approximate surface area is 325 Å². The second-order valence-electron chi connectivity index (χ2n) is 16.5. The van der Waals surface area contributed by atoms with Crippen molar-refractivity contribution in [1.29, 1.82) is 0 Å². The first-order valence-electron chi connectivity index (χ1n) is 19.4. The van der Waals surface area contributed by atoms with Crippen molar-refractivity contribution in [3.8, 4) is 22.9 Å². The molecule has 0 unspecified atom stereocenters. The molecule has 0 aliphatic carbocycles. The minimum atomic E-state index is -0.0403. The van der Waals surface area contributed by atoms with E-state index in [-0.39, 0.29) is 12.4 Å². The molecule has 9 heteroatoms. The SMILES string of the molecule is Cc1cccc(C)c1B1N(C)c2ccc(-n3c4ccccc4c4cc5c(cc43)n(-c3cc(C(C)(C)C)ccn3)c3nc4c(C)cccc4n53)cc2-c2nccn21. The molecular formula is C47H41BN8. The molecule has 6 heterocycles. The molecule has 1 aliphatic rings. The maximum atomic E-state index is 5.31. The van der Waals surface area contributed by atoms with Crippen molar-refractivity contribution in [3.63, 3.8) is 0 Å². The van der Waals surface area contributed by atoms with Gasteiger partial charge in [0.25, 0.3) is 0 Å². The first kappa shape index (κ1) is 32.8. The molecule has 0 N–H and O–H groups in total. The normalized spacial score (nSPS) is 13.2. The van der Waals surface area contributed by atoms with E-state index in [0.717, 1.165) is 73.0 Å². The van der Waals surface area contributed by atoms with E-state index in [1.807, 2.05) is 12.4 Å². The first-order chi connectivity index (χ1) is 27.1. The summed E-state index contributed by atoms with van der Waals surface area (Å²) in [7, 11) is 2.20. The van der Waals surface area contributed by atoms with Gasteiger partial charge in [0.15, 0.2) is 0 Å². The monoisotopic (exact) mass is 728 g/mol. The summed E-state index contributed by atoms with van der Waals surface area (Å²) in [5.74, 6) is 2.68. The van der Waals surface area contributed by atoms with E-state index in [1.54, 1.807) is 0 Å². The number of aromatic nitrogens is 7. The molecule has 0 saturated carbocycles. The Hall–Kier alpha value is -6.61. The zero-order valence-corrected chi connectivity index (χ0v) is 32.7. The number of anilines is 1. The Morgan fingerprint density at radius 2 is 1.39 bits per heavy atom. The summed E-state index contributed by atoms with van der Waals surface area (Å²) in [4.78, 5) is 17.7. The summed E-state index contributed by atoms with van der Waals surface area (Å²) in [6.07, 6.45) is 5.98. The molecule has 0 saturated heterocycles. The van der Waals surface area contributed by atoms with Crippen molar-refractivity contribution in [2.24, 2.45) is 0 Å². The third-order valence-electron chi connectivity index (χ3n) is 12.1. The largest absolute Gasteiger partial charge is 0.417 e. The molecule has 0 radical (unpaired) electrons. The second kappa shape index (κ2) is 11.5. The summed E-state index contributed by atoms with van der Waals surface area (Å²) in [5, 5.41) is 2.38. The van der Waals surface area contributed by atoms with Crippen LogP contribution in [0.4, 0.5) is 5.69 Å². The van der Waals surface area contributed by atoms with E-state index in [0.29, 0.717) is 0 Å². The third kappa shape index (κ3) is 4.45. The number of hydrogen-bond donors (Lipinski definition) is 0. The van der Waals surface area contributed by atoms with Crippen LogP contribution in [-0.2, 0) is 5.41 Å². The van der Waals surface area contributed by atoms with Crippen molar-refractivity contribution in [1.82, 2.24) is 33.0 Å². The third-order valence-corrected chi connectivity index (χ3v) is 12.1. The fraction of sp³-hybridized carbons (Fsp3) is 0.170. The van der Waals surface area contributed by atoms with Crippen LogP contribution >= 0.6 is 0 Å². The average Bonchev–Trinajstić information content (AvgIpc) is 3.96. The van der Waals surface area contributed by atoms with Gasteiger partial charge in [0, 0.05) is 46.3 Å². The van der Waals surface area contributed by atoms with Crippen LogP contribution in [0.2, 0.25) is 0 Å². The summed E-state index contributed by atoms with van der Waals surface area (Å²) in [6, 6.07) is 37.7. The molecule has 0 amide bonds. The molecule has 5 aromatic heterocycles. The molecule has 0 spiro atoms. The lowest BCUT2D eigenvalue weighted by Gasteiger charge is -2.36. The highest BCUT2D eigenvalue weighted by Gasteiger charge is 2.37. The van der Waals surface area contributed by atoms with Crippen molar-refractivity contribution in [2.45, 2.75) is 47.0 Å². The van der Waals surface area contributed by atoms with Gasteiger partial charge in [-0.1, -0.05) is 80.4 Å². The predicted octanol–water partition coefficient (Wildman–Crippen LogP) is 9.70. The van der Waals surface area contributed by atoms with Crippen molar-refractivity contribution in [3.05, 3.63) is 144 Å². The highest BCUT2D eigenvalue weighted by molar-refractivity contribution is 6.77. The number of para-hydroxylation sites is 2. The summed E-state index contributed by atoms with van der Waals surface area (Å²) < 4.78 is 9.30. The summed E-state index contributed by atoms with van der Waals surface area (Å²) in [5.41, 5.74) is 16.1. The molecule has 0 atom stereocenters. The van der Waals surface area contributed by atoms with Crippen LogP contribution in [0.25, 0.3) is 72.5 Å². The molecule has 1 aliphatic heterocycles. The molecule has 272 valence electrons. The standard InChI is InChI=1S/C47H41BN8/c1-28-12-10-13-29(2)43(28)48-52(7)36-19-18-32(25-35(36)45-50-22-23-53(45)48)54-37-16-9-8-15-33(37)34-26-40-41(27-39(34)54)56(42-24-31(20-21-49-42)47(4,5)6)46-51-44-30(3)14-11-17-38(44)55(40)46/h8-27H,1-7H3. The van der Waals surface area contributed by atoms with Gasteiger partial charge in [-0.2, -0.15) is 0 Å². The topological polar surface area (TPSA) is 61.1 Å². The Balaban J connectivity index is 1.19. The van der Waals surface area contributed by atoms with Gasteiger partial charge in [-0.3, -0.25) is 8.97 Å². The first-order valence-corrected chi connectivity index (χ1v) is 19.4. The Morgan fingerprint density at radius 1 is 0.625 bits per heavy atom. The lowest BCUT2D eigenvalue weighted by Crippen LogP contribution is -2.56. The lowest BCUT2D eigenvalue weighted by molar-refractivity contribution is 0.588. The van der Waals surface area contributed by atoms with Crippen molar-refractivity contribution < 1.29 is 0 Å². The molecule has 8 nitrogen and oxygen atoms in total. The van der Waals surface area contributed by atoms with Crippen LogP contribution in [0.3, 0.4) is 0 Å². The van der Waals surface area contributed by atoms with E-state index < -0.39 is 0 Å². The molecule has 56 heavy (non-hydrogen) atoms. The van der Waals surface area contributed by atoms with Gasteiger partial charge >= 0.3 is 6.98 Å². The van der Waals surface area contributed by atoms with Gasteiger partial charge < -0.3 is 13.9 Å². The van der Waals surface area contributed by atoms with Gasteiger partial charge in [0.1, 0.15) is 11.6 Å². The molecule has 10 aromatic rings. The van der Waals surface area contributed by atoms with E-state index in [9.17, 15) is 0 Å². The maximum absolute atomic E-state index is 5.31. The Morgan fingerprint density at radius 3 is 2.21 bits per heavy atom. The average molecular weight is 729 g/mol. The van der Waals surface area contributed by atoms with Crippen molar-refractivity contribution in [2.75, 3.05) is 11.9 Å². The van der Waals surface area contributed by atoms with E-state index >= 15 is 0 Å². The number of rotatable bonds is 3. The van der Waals surface area contributed by atoms with E-state index in [1.165, 1.54) is 32.9 Å². The minimum absolute atomic E-state index is 0.00513. The van der Waals surface area contributed by atoms with Crippen LogP contribution in [0.5, 0.6) is 0 Å². The zero-order chi connectivity index (χ0) is 38.2. The minimum Gasteiger partial charge on any atom is -0.394 e. The van der Waals surface area contributed by atoms with Crippen LogP contribution in [0, 0.1) is 20.8 Å². The number of nitrogens with zero attached hydrogens (tertiary/aromatic N) is 8. The number of imidazole rings is 3. The van der Waals surface area contributed by atoms with E-state index in [2.05, 4.69) is 181 Å². The smallest absolute Gasteiger partial charge is 0.394 e. The second-order valence-corrected chi connectivity index (χ2v) is 16.5. The number of benzene rings is 5. The van der Waals surface area contributed by atoms with Gasteiger partial charge in [0.05, 0.1) is 33.1 Å². The highest BCUT2D eigenvalue weighted by Crippen LogP contribution is 2.41.